The third kappa shape index (κ3) is 1.98. The fraction of sp³-hybridized carbons (Fsp3) is 0.250. The van der Waals surface area contributed by atoms with Gasteiger partial charge in [0.1, 0.15) is 4.99 Å². The Balaban J connectivity index is 2.96. The van der Waals surface area contributed by atoms with Gasteiger partial charge in [0, 0.05) is 13.2 Å². The number of nitrogens with zero attached hydrogens (tertiary/aromatic N) is 1. The summed E-state index contributed by atoms with van der Waals surface area (Å²) < 4.78 is 0. The van der Waals surface area contributed by atoms with Crippen LogP contribution in [0.25, 0.3) is 0 Å². The largest absolute Gasteiger partial charge is 0.378 e. The Bertz CT molecular complexity index is 271. The monoisotopic (exact) mass is 166 g/mol. The SMILES string of the molecule is CNC(=S)c1cc(C)ccn1. The quantitative estimate of drug-likeness (QED) is 0.636. The van der Waals surface area contributed by atoms with E-state index < -0.39 is 0 Å². The first-order valence-electron chi connectivity index (χ1n) is 3.39. The molecule has 0 aliphatic heterocycles. The molecule has 3 heteroatoms. The molecular weight excluding hydrogens is 156 g/mol. The molecule has 0 unspecified atom stereocenters. The molecule has 58 valence electrons. The van der Waals surface area contributed by atoms with E-state index in [2.05, 4.69) is 10.3 Å². The van der Waals surface area contributed by atoms with Crippen LogP contribution in [0.1, 0.15) is 11.3 Å². The van der Waals surface area contributed by atoms with E-state index >= 15 is 0 Å². The Morgan fingerprint density at radius 2 is 2.36 bits per heavy atom. The average Bonchev–Trinajstić information content (AvgIpc) is 2.03. The zero-order valence-corrected chi connectivity index (χ0v) is 7.40. The molecule has 0 aliphatic carbocycles. The highest BCUT2D eigenvalue weighted by Gasteiger charge is 1.97. The number of hydrogen-bond donors (Lipinski definition) is 1. The number of rotatable bonds is 1. The van der Waals surface area contributed by atoms with Gasteiger partial charge < -0.3 is 5.32 Å². The Hall–Kier alpha value is -0.960. The van der Waals surface area contributed by atoms with Gasteiger partial charge in [-0.15, -0.1) is 0 Å². The zero-order chi connectivity index (χ0) is 8.27. The normalized spacial score (nSPS) is 9.27. The minimum Gasteiger partial charge on any atom is -0.378 e. The van der Waals surface area contributed by atoms with E-state index in [1.54, 1.807) is 13.2 Å². The maximum atomic E-state index is 5.01. The van der Waals surface area contributed by atoms with Crippen molar-refractivity contribution < 1.29 is 0 Å². The Kier molecular flexibility index (Phi) is 2.54. The van der Waals surface area contributed by atoms with Crippen LogP contribution >= 0.6 is 12.2 Å². The third-order valence-corrected chi connectivity index (χ3v) is 1.79. The summed E-state index contributed by atoms with van der Waals surface area (Å²) in [6.07, 6.45) is 1.76. The Morgan fingerprint density at radius 3 is 2.91 bits per heavy atom. The summed E-state index contributed by atoms with van der Waals surface area (Å²) in [7, 11) is 1.80. The van der Waals surface area contributed by atoms with Crippen molar-refractivity contribution in [3.05, 3.63) is 29.6 Å². The number of aromatic nitrogens is 1. The van der Waals surface area contributed by atoms with Crippen molar-refractivity contribution in [3.63, 3.8) is 0 Å². The predicted molar refractivity (Wildman–Crippen MR) is 49.7 cm³/mol. The Morgan fingerprint density at radius 1 is 1.64 bits per heavy atom. The third-order valence-electron chi connectivity index (χ3n) is 1.38. The highest BCUT2D eigenvalue weighted by atomic mass is 32.1. The molecule has 0 spiro atoms. The van der Waals surface area contributed by atoms with Gasteiger partial charge in [0.05, 0.1) is 5.69 Å². The van der Waals surface area contributed by atoms with Gasteiger partial charge in [0.15, 0.2) is 0 Å². The van der Waals surface area contributed by atoms with E-state index in [4.69, 9.17) is 12.2 Å². The second-order valence-corrected chi connectivity index (χ2v) is 2.71. The van der Waals surface area contributed by atoms with Crippen LogP contribution in [-0.4, -0.2) is 17.0 Å². The van der Waals surface area contributed by atoms with Gasteiger partial charge in [0.2, 0.25) is 0 Å². The van der Waals surface area contributed by atoms with Gasteiger partial charge in [0.25, 0.3) is 0 Å². The van der Waals surface area contributed by atoms with Gasteiger partial charge in [-0.3, -0.25) is 4.98 Å². The van der Waals surface area contributed by atoms with Crippen LogP contribution in [0.3, 0.4) is 0 Å². The lowest BCUT2D eigenvalue weighted by molar-refractivity contribution is 1.16. The lowest BCUT2D eigenvalue weighted by atomic mass is 10.2. The van der Waals surface area contributed by atoms with Gasteiger partial charge >= 0.3 is 0 Å². The maximum absolute atomic E-state index is 5.01. The number of aryl methyl sites for hydroxylation is 1. The number of hydrogen-bond acceptors (Lipinski definition) is 2. The second kappa shape index (κ2) is 3.44. The van der Waals surface area contributed by atoms with E-state index in [0.29, 0.717) is 4.99 Å². The van der Waals surface area contributed by atoms with Crippen LogP contribution < -0.4 is 5.32 Å². The van der Waals surface area contributed by atoms with Crippen molar-refractivity contribution in [3.8, 4) is 0 Å². The Labute approximate surface area is 71.7 Å². The standard InChI is InChI=1S/C8H10N2S/c1-6-3-4-10-7(5-6)8(11)9-2/h3-5H,1-2H3,(H,9,11). The summed E-state index contributed by atoms with van der Waals surface area (Å²) in [5.74, 6) is 0. The highest BCUT2D eigenvalue weighted by molar-refractivity contribution is 7.80. The molecule has 0 bridgehead atoms. The van der Waals surface area contributed by atoms with Gasteiger partial charge in [-0.25, -0.2) is 0 Å². The molecule has 0 saturated heterocycles. The summed E-state index contributed by atoms with van der Waals surface area (Å²) in [5, 5.41) is 2.88. The fourth-order valence-electron chi connectivity index (χ4n) is 0.788. The van der Waals surface area contributed by atoms with Crippen molar-refractivity contribution in [2.24, 2.45) is 0 Å². The molecule has 0 saturated carbocycles. The average molecular weight is 166 g/mol. The smallest absolute Gasteiger partial charge is 0.125 e. The summed E-state index contributed by atoms with van der Waals surface area (Å²) in [6, 6.07) is 3.90. The van der Waals surface area contributed by atoms with E-state index in [1.165, 1.54) is 5.56 Å². The molecular formula is C8H10N2S. The fourth-order valence-corrected chi connectivity index (χ4v) is 0.900. The first kappa shape index (κ1) is 8.14. The number of thiocarbonyl (C=S) groups is 1. The van der Waals surface area contributed by atoms with Crippen LogP contribution in [0.15, 0.2) is 18.3 Å². The van der Waals surface area contributed by atoms with Crippen molar-refractivity contribution in [2.45, 2.75) is 6.92 Å². The van der Waals surface area contributed by atoms with Crippen molar-refractivity contribution in [1.29, 1.82) is 0 Å². The molecule has 2 nitrogen and oxygen atoms in total. The maximum Gasteiger partial charge on any atom is 0.125 e. The summed E-state index contributed by atoms with van der Waals surface area (Å²) >= 11 is 5.01. The molecule has 1 rings (SSSR count). The van der Waals surface area contributed by atoms with E-state index in [0.717, 1.165) is 5.69 Å². The number of pyridine rings is 1. The van der Waals surface area contributed by atoms with Crippen LogP contribution in [0.4, 0.5) is 0 Å². The topological polar surface area (TPSA) is 24.9 Å². The molecule has 11 heavy (non-hydrogen) atoms. The molecule has 0 aromatic carbocycles. The molecule has 0 aliphatic rings. The first-order valence-corrected chi connectivity index (χ1v) is 3.79. The first-order chi connectivity index (χ1) is 5.24. The van der Waals surface area contributed by atoms with E-state index in [9.17, 15) is 0 Å². The van der Waals surface area contributed by atoms with Crippen LogP contribution in [0, 0.1) is 6.92 Å². The van der Waals surface area contributed by atoms with Gasteiger partial charge in [-0.2, -0.15) is 0 Å². The molecule has 1 heterocycles. The van der Waals surface area contributed by atoms with Gasteiger partial charge in [-0.1, -0.05) is 12.2 Å². The summed E-state index contributed by atoms with van der Waals surface area (Å²) in [5.41, 5.74) is 2.01. The van der Waals surface area contributed by atoms with Crippen LogP contribution in [-0.2, 0) is 0 Å². The van der Waals surface area contributed by atoms with Gasteiger partial charge in [-0.05, 0) is 24.6 Å². The molecule has 0 radical (unpaired) electrons. The predicted octanol–water partition coefficient (Wildman–Crippen LogP) is 1.28. The molecule has 1 aromatic rings. The van der Waals surface area contributed by atoms with E-state index in [1.807, 2.05) is 19.1 Å². The minimum absolute atomic E-state index is 0.689. The molecule has 0 atom stereocenters. The highest BCUT2D eigenvalue weighted by Crippen LogP contribution is 1.99. The van der Waals surface area contributed by atoms with Crippen LogP contribution in [0.2, 0.25) is 0 Å². The summed E-state index contributed by atoms with van der Waals surface area (Å²) in [6.45, 7) is 2.02. The number of nitrogens with one attached hydrogen (secondary N) is 1. The lowest BCUT2D eigenvalue weighted by Gasteiger charge is -2.01. The van der Waals surface area contributed by atoms with Crippen molar-refractivity contribution in [1.82, 2.24) is 10.3 Å². The van der Waals surface area contributed by atoms with Crippen molar-refractivity contribution >= 4 is 17.2 Å². The zero-order valence-electron chi connectivity index (χ0n) is 6.59. The minimum atomic E-state index is 0.689. The lowest BCUT2D eigenvalue weighted by Crippen LogP contribution is -2.17. The second-order valence-electron chi connectivity index (χ2n) is 2.30. The van der Waals surface area contributed by atoms with Crippen LogP contribution in [0.5, 0.6) is 0 Å². The molecule has 1 N–H and O–H groups in total. The summed E-state index contributed by atoms with van der Waals surface area (Å²) in [4.78, 5) is 4.80. The van der Waals surface area contributed by atoms with Crippen molar-refractivity contribution in [2.75, 3.05) is 7.05 Å². The molecule has 1 aromatic heterocycles. The molecule has 0 amide bonds. The van der Waals surface area contributed by atoms with E-state index in [-0.39, 0.29) is 0 Å². The molecule has 0 fully saturated rings.